The zero-order chi connectivity index (χ0) is 12.4. The monoisotopic (exact) mass is 253 g/mol. The topological polar surface area (TPSA) is 30.5 Å². The zero-order valence-electron chi connectivity index (χ0n) is 11.6. The Morgan fingerprint density at radius 3 is 2.56 bits per heavy atom. The van der Waals surface area contributed by atoms with E-state index >= 15 is 0 Å². The second-order valence-electron chi connectivity index (χ2n) is 6.48. The minimum absolute atomic E-state index is 0.269. The predicted molar refractivity (Wildman–Crippen MR) is 71.7 cm³/mol. The van der Waals surface area contributed by atoms with Crippen molar-refractivity contribution in [1.82, 2.24) is 5.32 Å². The molecular formula is C15H27NO2. The van der Waals surface area contributed by atoms with Gasteiger partial charge in [0.15, 0.2) is 0 Å². The molecule has 1 aliphatic carbocycles. The molecule has 0 aromatic rings. The molecule has 3 heteroatoms. The summed E-state index contributed by atoms with van der Waals surface area (Å²) in [5.41, 5.74) is 0.269. The molecule has 0 amide bonds. The molecule has 2 aliphatic heterocycles. The highest BCUT2D eigenvalue weighted by molar-refractivity contribution is 4.96. The first-order valence-electron chi connectivity index (χ1n) is 7.75. The van der Waals surface area contributed by atoms with E-state index in [4.69, 9.17) is 9.47 Å². The van der Waals surface area contributed by atoms with Crippen molar-refractivity contribution >= 4 is 0 Å². The van der Waals surface area contributed by atoms with Crippen molar-refractivity contribution in [3.05, 3.63) is 0 Å². The van der Waals surface area contributed by atoms with E-state index in [1.54, 1.807) is 0 Å². The van der Waals surface area contributed by atoms with Crippen LogP contribution in [0.1, 0.15) is 51.9 Å². The van der Waals surface area contributed by atoms with Crippen molar-refractivity contribution in [2.45, 2.75) is 69.6 Å². The third-order valence-corrected chi connectivity index (χ3v) is 5.23. The van der Waals surface area contributed by atoms with Crippen LogP contribution in [0.4, 0.5) is 0 Å². The first kappa shape index (κ1) is 12.9. The average Bonchev–Trinajstić information content (AvgIpc) is 2.38. The minimum Gasteiger partial charge on any atom is -0.381 e. The molecular weight excluding hydrogens is 226 g/mol. The summed E-state index contributed by atoms with van der Waals surface area (Å²) in [7, 11) is 0. The summed E-state index contributed by atoms with van der Waals surface area (Å²) < 4.78 is 11.5. The van der Waals surface area contributed by atoms with E-state index in [0.29, 0.717) is 12.1 Å². The van der Waals surface area contributed by atoms with E-state index in [0.717, 1.165) is 25.7 Å². The molecule has 2 atom stereocenters. The lowest BCUT2D eigenvalue weighted by Gasteiger charge is -2.48. The van der Waals surface area contributed by atoms with Crippen LogP contribution in [-0.4, -0.2) is 37.5 Å². The second-order valence-corrected chi connectivity index (χ2v) is 6.48. The third-order valence-electron chi connectivity index (χ3n) is 5.23. The molecule has 18 heavy (non-hydrogen) atoms. The minimum atomic E-state index is 0.269. The van der Waals surface area contributed by atoms with E-state index in [9.17, 15) is 0 Å². The van der Waals surface area contributed by atoms with Gasteiger partial charge in [0.1, 0.15) is 0 Å². The Morgan fingerprint density at radius 1 is 1.11 bits per heavy atom. The van der Waals surface area contributed by atoms with Gasteiger partial charge in [-0.15, -0.1) is 0 Å². The fourth-order valence-corrected chi connectivity index (χ4v) is 3.81. The van der Waals surface area contributed by atoms with Gasteiger partial charge in [0.25, 0.3) is 0 Å². The van der Waals surface area contributed by atoms with Crippen LogP contribution < -0.4 is 5.32 Å². The van der Waals surface area contributed by atoms with Crippen LogP contribution in [0, 0.1) is 5.92 Å². The van der Waals surface area contributed by atoms with Gasteiger partial charge in [-0.05, 0) is 57.8 Å². The molecule has 2 heterocycles. The number of hydrogen-bond acceptors (Lipinski definition) is 3. The lowest BCUT2D eigenvalue weighted by Crippen LogP contribution is -2.53. The lowest BCUT2D eigenvalue weighted by molar-refractivity contribution is -0.136. The number of rotatable bonds is 3. The summed E-state index contributed by atoms with van der Waals surface area (Å²) in [4.78, 5) is 0. The Labute approximate surface area is 111 Å². The standard InChI is InChI=1S/C15H27NO2/c1-12(13-3-8-17-9-4-13)16-14-5-10-18-15(11-14)6-2-7-15/h12-14,16H,2-11H2,1H3. The average molecular weight is 253 g/mol. The van der Waals surface area contributed by atoms with Gasteiger partial charge in [0.05, 0.1) is 5.60 Å². The van der Waals surface area contributed by atoms with Crippen molar-refractivity contribution in [2.75, 3.05) is 19.8 Å². The Balaban J connectivity index is 1.49. The Kier molecular flexibility index (Phi) is 3.92. The largest absolute Gasteiger partial charge is 0.381 e. The molecule has 0 aromatic heterocycles. The molecule has 2 saturated heterocycles. The summed E-state index contributed by atoms with van der Waals surface area (Å²) in [5.74, 6) is 0.805. The molecule has 0 bridgehead atoms. The smallest absolute Gasteiger partial charge is 0.0697 e. The summed E-state index contributed by atoms with van der Waals surface area (Å²) in [6.45, 7) is 5.22. The highest BCUT2D eigenvalue weighted by atomic mass is 16.5. The van der Waals surface area contributed by atoms with Crippen LogP contribution in [0.2, 0.25) is 0 Å². The van der Waals surface area contributed by atoms with E-state index in [2.05, 4.69) is 12.2 Å². The molecule has 1 N–H and O–H groups in total. The van der Waals surface area contributed by atoms with Crippen LogP contribution >= 0.6 is 0 Å². The molecule has 3 nitrogen and oxygen atoms in total. The highest BCUT2D eigenvalue weighted by Crippen LogP contribution is 2.42. The zero-order valence-corrected chi connectivity index (χ0v) is 11.6. The van der Waals surface area contributed by atoms with Crippen LogP contribution in [0.3, 0.4) is 0 Å². The second kappa shape index (κ2) is 5.48. The van der Waals surface area contributed by atoms with Gasteiger partial charge in [-0.3, -0.25) is 0 Å². The summed E-state index contributed by atoms with van der Waals surface area (Å²) in [6.07, 6.45) is 8.82. The van der Waals surface area contributed by atoms with Gasteiger partial charge in [0.2, 0.25) is 0 Å². The van der Waals surface area contributed by atoms with E-state index in [-0.39, 0.29) is 5.60 Å². The number of hydrogen-bond donors (Lipinski definition) is 1. The third kappa shape index (κ3) is 2.73. The molecule has 0 radical (unpaired) electrons. The van der Waals surface area contributed by atoms with E-state index in [1.807, 2.05) is 0 Å². The van der Waals surface area contributed by atoms with Gasteiger partial charge in [-0.1, -0.05) is 0 Å². The van der Waals surface area contributed by atoms with Crippen molar-refractivity contribution in [1.29, 1.82) is 0 Å². The summed E-state index contributed by atoms with van der Waals surface area (Å²) in [6, 6.07) is 1.31. The van der Waals surface area contributed by atoms with Gasteiger partial charge in [-0.25, -0.2) is 0 Å². The molecule has 1 spiro atoms. The number of nitrogens with one attached hydrogen (secondary N) is 1. The first-order chi connectivity index (χ1) is 8.77. The van der Waals surface area contributed by atoms with Crippen molar-refractivity contribution in [3.8, 4) is 0 Å². The fraction of sp³-hybridized carbons (Fsp3) is 1.00. The quantitative estimate of drug-likeness (QED) is 0.838. The molecule has 1 saturated carbocycles. The van der Waals surface area contributed by atoms with Crippen LogP contribution in [0.15, 0.2) is 0 Å². The highest BCUT2D eigenvalue weighted by Gasteiger charge is 2.42. The molecule has 2 unspecified atom stereocenters. The normalized spacial score (nSPS) is 34.2. The predicted octanol–water partition coefficient (Wildman–Crippen LogP) is 2.49. The van der Waals surface area contributed by atoms with Gasteiger partial charge < -0.3 is 14.8 Å². The lowest BCUT2D eigenvalue weighted by atomic mass is 9.73. The van der Waals surface area contributed by atoms with Gasteiger partial charge in [0, 0.05) is 31.9 Å². The Hall–Kier alpha value is -0.120. The Bertz CT molecular complexity index is 272. The maximum Gasteiger partial charge on any atom is 0.0697 e. The van der Waals surface area contributed by atoms with Crippen molar-refractivity contribution < 1.29 is 9.47 Å². The fourth-order valence-electron chi connectivity index (χ4n) is 3.81. The van der Waals surface area contributed by atoms with Crippen LogP contribution in [0.5, 0.6) is 0 Å². The SMILES string of the molecule is CC(NC1CCOC2(CCC2)C1)C1CCOCC1. The summed E-state index contributed by atoms with van der Waals surface area (Å²) in [5, 5.41) is 3.88. The first-order valence-corrected chi connectivity index (χ1v) is 7.75. The maximum atomic E-state index is 6.00. The number of ether oxygens (including phenoxy) is 2. The Morgan fingerprint density at radius 2 is 1.89 bits per heavy atom. The van der Waals surface area contributed by atoms with E-state index < -0.39 is 0 Å². The molecule has 104 valence electrons. The van der Waals surface area contributed by atoms with Crippen molar-refractivity contribution in [3.63, 3.8) is 0 Å². The maximum absolute atomic E-state index is 6.00. The molecule has 3 fully saturated rings. The van der Waals surface area contributed by atoms with Crippen LogP contribution in [0.25, 0.3) is 0 Å². The van der Waals surface area contributed by atoms with E-state index in [1.165, 1.54) is 44.9 Å². The van der Waals surface area contributed by atoms with Crippen LogP contribution in [-0.2, 0) is 9.47 Å². The van der Waals surface area contributed by atoms with Gasteiger partial charge >= 0.3 is 0 Å². The molecule has 3 rings (SSSR count). The molecule has 0 aromatic carbocycles. The van der Waals surface area contributed by atoms with Gasteiger partial charge in [-0.2, -0.15) is 0 Å². The summed E-state index contributed by atoms with van der Waals surface area (Å²) >= 11 is 0. The molecule has 3 aliphatic rings. The van der Waals surface area contributed by atoms with Crippen molar-refractivity contribution in [2.24, 2.45) is 5.92 Å².